The van der Waals surface area contributed by atoms with Crippen LogP contribution in [0.15, 0.2) is 29.2 Å². The molecule has 3 amide bonds. The fourth-order valence-electron chi connectivity index (χ4n) is 5.10. The molecule has 0 atom stereocenters. The lowest BCUT2D eigenvalue weighted by atomic mass is 10.0. The van der Waals surface area contributed by atoms with Crippen molar-refractivity contribution in [2.75, 3.05) is 51.3 Å². The smallest absolute Gasteiger partial charge is 0.257 e. The summed E-state index contributed by atoms with van der Waals surface area (Å²) < 4.78 is 33.7. The number of nitrogens with zero attached hydrogens (tertiary/aromatic N) is 3. The summed E-state index contributed by atoms with van der Waals surface area (Å²) in [5.41, 5.74) is 1.63. The topological polar surface area (TPSA) is 116 Å². The van der Waals surface area contributed by atoms with E-state index in [0.717, 1.165) is 10.4 Å². The molecule has 2 aliphatic rings. The van der Waals surface area contributed by atoms with Gasteiger partial charge < -0.3 is 19.9 Å². The zero-order valence-corrected chi connectivity index (χ0v) is 26.1. The van der Waals surface area contributed by atoms with E-state index < -0.39 is 15.9 Å². The van der Waals surface area contributed by atoms with E-state index in [1.807, 2.05) is 27.7 Å². The van der Waals surface area contributed by atoms with Gasteiger partial charge in [-0.25, -0.2) is 8.42 Å². The molecule has 0 radical (unpaired) electrons. The molecule has 1 aromatic carbocycles. The fourth-order valence-corrected chi connectivity index (χ4v) is 8.12. The minimum Gasteiger partial charge on any atom is -0.378 e. The first kappa shape index (κ1) is 31.1. The van der Waals surface area contributed by atoms with Crippen molar-refractivity contribution in [2.45, 2.75) is 52.5 Å². The quantitative estimate of drug-likeness (QED) is 0.467. The highest BCUT2D eigenvalue weighted by Gasteiger charge is 2.32. The molecule has 12 heteroatoms. The molecule has 10 nitrogen and oxygen atoms in total. The number of amides is 3. The molecule has 224 valence electrons. The van der Waals surface area contributed by atoms with E-state index >= 15 is 0 Å². The second kappa shape index (κ2) is 13.0. The van der Waals surface area contributed by atoms with Crippen LogP contribution < -0.4 is 5.32 Å². The fraction of sp³-hybridized carbons (Fsp3) is 0.552. The molecule has 41 heavy (non-hydrogen) atoms. The maximum Gasteiger partial charge on any atom is 0.257 e. The standard InChI is InChI=1S/C29H40N4O6S2/c1-19(2)16-33(17-20(3)4)41(37,38)23-8-6-22(7-9-23)27(35)30-28-26(29(36)31-12-14-39-15-13-31)24-10-11-32(21(5)34)18-25(24)40-28/h6-9,19-20H,10-18H2,1-5H3,(H,30,35). The van der Waals surface area contributed by atoms with Crippen molar-refractivity contribution in [2.24, 2.45) is 11.8 Å². The Hall–Kier alpha value is -2.80. The highest BCUT2D eigenvalue weighted by molar-refractivity contribution is 7.89. The minimum atomic E-state index is -3.73. The van der Waals surface area contributed by atoms with Gasteiger partial charge in [-0.15, -0.1) is 11.3 Å². The first-order valence-corrected chi connectivity index (χ1v) is 16.3. The molecule has 1 fully saturated rings. The molecule has 4 rings (SSSR count). The molecule has 3 heterocycles. The molecule has 2 aliphatic heterocycles. The number of thiophene rings is 1. The van der Waals surface area contributed by atoms with Gasteiger partial charge in [0.25, 0.3) is 11.8 Å². The number of sulfonamides is 1. The first-order chi connectivity index (χ1) is 19.4. The van der Waals surface area contributed by atoms with E-state index in [-0.39, 0.29) is 34.1 Å². The lowest BCUT2D eigenvalue weighted by molar-refractivity contribution is -0.129. The SMILES string of the molecule is CC(=O)N1CCc2c(sc(NC(=O)c3ccc(S(=O)(=O)N(CC(C)C)CC(C)C)cc3)c2C(=O)N2CCOCC2)C1. The molecular weight excluding hydrogens is 564 g/mol. The van der Waals surface area contributed by atoms with Gasteiger partial charge in [0, 0.05) is 50.1 Å². The predicted molar refractivity (Wildman–Crippen MR) is 159 cm³/mol. The van der Waals surface area contributed by atoms with E-state index in [1.165, 1.54) is 46.8 Å². The summed E-state index contributed by atoms with van der Waals surface area (Å²) in [6.07, 6.45) is 0.530. The second-order valence-corrected chi connectivity index (χ2v) is 14.4. The molecule has 1 saturated heterocycles. The average molecular weight is 605 g/mol. The molecule has 1 aromatic heterocycles. The molecule has 0 spiro atoms. The van der Waals surface area contributed by atoms with Crippen LogP contribution in [0.5, 0.6) is 0 Å². The number of fused-ring (bicyclic) bond motifs is 1. The van der Waals surface area contributed by atoms with Gasteiger partial charge in [0.15, 0.2) is 0 Å². The molecule has 1 N–H and O–H groups in total. The first-order valence-electron chi connectivity index (χ1n) is 14.1. The van der Waals surface area contributed by atoms with Gasteiger partial charge in [0.2, 0.25) is 15.9 Å². The zero-order valence-electron chi connectivity index (χ0n) is 24.4. The summed E-state index contributed by atoms with van der Waals surface area (Å²) in [5, 5.41) is 3.36. The molecule has 2 aromatic rings. The molecule has 0 bridgehead atoms. The highest BCUT2D eigenvalue weighted by atomic mass is 32.2. The number of anilines is 1. The lowest BCUT2D eigenvalue weighted by Crippen LogP contribution is -2.41. The van der Waals surface area contributed by atoms with Crippen LogP contribution in [0, 0.1) is 11.8 Å². The number of hydrogen-bond acceptors (Lipinski definition) is 7. The molecule has 0 saturated carbocycles. The van der Waals surface area contributed by atoms with Crippen molar-refractivity contribution in [3.05, 3.63) is 45.8 Å². The summed E-state index contributed by atoms with van der Waals surface area (Å²) in [7, 11) is -3.73. The summed E-state index contributed by atoms with van der Waals surface area (Å²) in [5.74, 6) is -0.294. The Balaban J connectivity index is 1.59. The van der Waals surface area contributed by atoms with Crippen molar-refractivity contribution in [3.63, 3.8) is 0 Å². The summed E-state index contributed by atoms with van der Waals surface area (Å²) in [6, 6.07) is 5.92. The molecule has 0 unspecified atom stereocenters. The van der Waals surface area contributed by atoms with Gasteiger partial charge in [-0.2, -0.15) is 4.31 Å². The number of ether oxygens (including phenoxy) is 1. The van der Waals surface area contributed by atoms with Crippen LogP contribution in [0.3, 0.4) is 0 Å². The number of carbonyl (C=O) groups excluding carboxylic acids is 3. The Morgan fingerprint density at radius 1 is 0.976 bits per heavy atom. The van der Waals surface area contributed by atoms with Gasteiger partial charge in [-0.3, -0.25) is 14.4 Å². The molecule has 0 aliphatic carbocycles. The van der Waals surface area contributed by atoms with E-state index in [0.29, 0.717) is 69.5 Å². The average Bonchev–Trinajstić information content (AvgIpc) is 3.29. The van der Waals surface area contributed by atoms with Crippen LogP contribution in [0.25, 0.3) is 0 Å². The van der Waals surface area contributed by atoms with Gasteiger partial charge in [-0.05, 0) is 48.1 Å². The Labute approximate surface area is 246 Å². The van der Waals surface area contributed by atoms with Crippen molar-refractivity contribution >= 4 is 44.1 Å². The summed E-state index contributed by atoms with van der Waals surface area (Å²) in [6.45, 7) is 13.0. The van der Waals surface area contributed by atoms with Gasteiger partial charge in [-0.1, -0.05) is 27.7 Å². The largest absolute Gasteiger partial charge is 0.378 e. The third-order valence-corrected chi connectivity index (χ3v) is 10.1. The van der Waals surface area contributed by atoms with E-state index in [4.69, 9.17) is 4.74 Å². The van der Waals surface area contributed by atoms with Crippen LogP contribution >= 0.6 is 11.3 Å². The van der Waals surface area contributed by atoms with E-state index in [1.54, 1.807) is 9.80 Å². The predicted octanol–water partition coefficient (Wildman–Crippen LogP) is 3.68. The maximum absolute atomic E-state index is 13.6. The Bertz CT molecular complexity index is 1370. The Kier molecular flexibility index (Phi) is 9.89. The van der Waals surface area contributed by atoms with Crippen LogP contribution in [0.4, 0.5) is 5.00 Å². The van der Waals surface area contributed by atoms with Gasteiger partial charge in [0.1, 0.15) is 5.00 Å². The van der Waals surface area contributed by atoms with Crippen molar-refractivity contribution in [1.82, 2.24) is 14.1 Å². The maximum atomic E-state index is 13.6. The van der Waals surface area contributed by atoms with Crippen molar-refractivity contribution in [3.8, 4) is 0 Å². The second-order valence-electron chi connectivity index (χ2n) is 11.4. The number of benzene rings is 1. The number of rotatable bonds is 9. The summed E-state index contributed by atoms with van der Waals surface area (Å²) in [4.78, 5) is 43.5. The third-order valence-electron chi connectivity index (χ3n) is 7.13. The third kappa shape index (κ3) is 7.17. The number of nitrogens with one attached hydrogen (secondary N) is 1. The highest BCUT2D eigenvalue weighted by Crippen LogP contribution is 2.38. The Morgan fingerprint density at radius 3 is 2.15 bits per heavy atom. The van der Waals surface area contributed by atoms with Crippen LogP contribution in [-0.2, 0) is 32.5 Å². The molecular formula is C29H40N4O6S2. The Morgan fingerprint density at radius 2 is 1.59 bits per heavy atom. The van der Waals surface area contributed by atoms with E-state index in [2.05, 4.69) is 5.32 Å². The van der Waals surface area contributed by atoms with E-state index in [9.17, 15) is 22.8 Å². The number of hydrogen-bond donors (Lipinski definition) is 1. The number of carbonyl (C=O) groups is 3. The normalized spacial score (nSPS) is 15.9. The zero-order chi connectivity index (χ0) is 29.9. The van der Waals surface area contributed by atoms with Crippen LogP contribution in [-0.4, -0.2) is 86.2 Å². The monoisotopic (exact) mass is 604 g/mol. The van der Waals surface area contributed by atoms with Crippen LogP contribution in [0.1, 0.15) is 65.8 Å². The van der Waals surface area contributed by atoms with Crippen LogP contribution in [0.2, 0.25) is 0 Å². The number of morpholine rings is 1. The minimum absolute atomic E-state index is 0.0360. The van der Waals surface area contributed by atoms with Gasteiger partial charge >= 0.3 is 0 Å². The van der Waals surface area contributed by atoms with Gasteiger partial charge in [0.05, 0.1) is 30.2 Å². The van der Waals surface area contributed by atoms with Crippen molar-refractivity contribution < 1.29 is 27.5 Å². The van der Waals surface area contributed by atoms with Crippen molar-refractivity contribution in [1.29, 1.82) is 0 Å². The summed E-state index contributed by atoms with van der Waals surface area (Å²) >= 11 is 1.31. The lowest BCUT2D eigenvalue weighted by Gasteiger charge is -2.29.